The second-order valence-electron chi connectivity index (χ2n) is 8.85. The van der Waals surface area contributed by atoms with Gasteiger partial charge in [-0.3, -0.25) is 4.79 Å². The number of carbonyl (C=O) groups is 1. The zero-order chi connectivity index (χ0) is 24.5. The van der Waals surface area contributed by atoms with Gasteiger partial charge in [0, 0.05) is 25.6 Å². The van der Waals surface area contributed by atoms with Gasteiger partial charge < -0.3 is 14.6 Å². The molecule has 0 aliphatic rings. The number of nitrogens with zero attached hydrogens (tertiary/aromatic N) is 2. The molecular formula is C30H33N3O2. The van der Waals surface area contributed by atoms with Crippen molar-refractivity contribution in [3.8, 4) is 5.75 Å². The molecule has 0 spiro atoms. The molecule has 0 saturated heterocycles. The molecule has 0 aliphatic carbocycles. The smallest absolute Gasteiger partial charge is 0.244 e. The summed E-state index contributed by atoms with van der Waals surface area (Å²) in [6, 6.07) is 26.2. The maximum atomic E-state index is 12.2. The van der Waals surface area contributed by atoms with Gasteiger partial charge in [0.05, 0.1) is 17.6 Å². The van der Waals surface area contributed by atoms with Crippen molar-refractivity contribution in [1.82, 2.24) is 14.9 Å². The zero-order valence-corrected chi connectivity index (χ0v) is 20.5. The van der Waals surface area contributed by atoms with Crippen LogP contribution in [0.15, 0.2) is 84.9 Å². The molecule has 0 saturated carbocycles. The molecule has 4 aromatic rings. The number of hydrogen-bond donors (Lipinski definition) is 1. The van der Waals surface area contributed by atoms with Gasteiger partial charge in [0.15, 0.2) is 0 Å². The predicted octanol–water partition coefficient (Wildman–Crippen LogP) is 6.00. The summed E-state index contributed by atoms with van der Waals surface area (Å²) in [4.78, 5) is 17.1. The maximum Gasteiger partial charge on any atom is 0.244 e. The molecule has 4 rings (SSSR count). The van der Waals surface area contributed by atoms with Gasteiger partial charge in [-0.2, -0.15) is 0 Å². The van der Waals surface area contributed by atoms with Crippen molar-refractivity contribution >= 4 is 23.0 Å². The summed E-state index contributed by atoms with van der Waals surface area (Å²) >= 11 is 0. The molecular weight excluding hydrogens is 434 g/mol. The van der Waals surface area contributed by atoms with Crippen molar-refractivity contribution in [3.63, 3.8) is 0 Å². The predicted molar refractivity (Wildman–Crippen MR) is 143 cm³/mol. The van der Waals surface area contributed by atoms with Crippen LogP contribution in [0.25, 0.3) is 17.1 Å². The fraction of sp³-hybridized carbons (Fsp3) is 0.267. The van der Waals surface area contributed by atoms with Gasteiger partial charge >= 0.3 is 0 Å². The Balaban J connectivity index is 1.35. The number of hydrogen-bond acceptors (Lipinski definition) is 3. The van der Waals surface area contributed by atoms with Gasteiger partial charge in [-0.1, -0.05) is 74.5 Å². The third kappa shape index (κ3) is 6.60. The number of aryl methyl sites for hydroxylation is 1. The lowest BCUT2D eigenvalue weighted by atomic mass is 10.0. The van der Waals surface area contributed by atoms with Crippen LogP contribution < -0.4 is 10.1 Å². The Labute approximate surface area is 207 Å². The van der Waals surface area contributed by atoms with Crippen molar-refractivity contribution in [2.45, 2.75) is 39.2 Å². The van der Waals surface area contributed by atoms with Gasteiger partial charge in [0.25, 0.3) is 0 Å². The van der Waals surface area contributed by atoms with E-state index in [1.54, 1.807) is 6.08 Å². The van der Waals surface area contributed by atoms with Crippen LogP contribution in [0.4, 0.5) is 0 Å². The number of ether oxygens (including phenoxy) is 1. The van der Waals surface area contributed by atoms with E-state index in [1.807, 2.05) is 66.7 Å². The van der Waals surface area contributed by atoms with Crippen LogP contribution in [0, 0.1) is 0 Å². The number of para-hydroxylation sites is 3. The van der Waals surface area contributed by atoms with Crippen molar-refractivity contribution in [2.24, 2.45) is 0 Å². The number of amides is 1. The van der Waals surface area contributed by atoms with Gasteiger partial charge in [-0.05, 0) is 47.7 Å². The third-order valence-electron chi connectivity index (χ3n) is 5.93. The van der Waals surface area contributed by atoms with Crippen molar-refractivity contribution in [1.29, 1.82) is 0 Å². The Kier molecular flexibility index (Phi) is 8.34. The Morgan fingerprint density at radius 2 is 1.74 bits per heavy atom. The molecule has 0 unspecified atom stereocenters. The molecule has 0 aliphatic heterocycles. The number of fused-ring (bicyclic) bond motifs is 1. The number of carbonyl (C=O) groups excluding carboxylic acids is 1. The minimum absolute atomic E-state index is 0.103. The molecule has 1 aromatic heterocycles. The first-order valence-corrected chi connectivity index (χ1v) is 12.3. The van der Waals surface area contributed by atoms with Crippen LogP contribution in [0.1, 0.15) is 43.1 Å². The molecule has 0 fully saturated rings. The van der Waals surface area contributed by atoms with Gasteiger partial charge in [-0.15, -0.1) is 0 Å². The molecule has 1 heterocycles. The summed E-state index contributed by atoms with van der Waals surface area (Å²) in [5.74, 6) is 2.26. The van der Waals surface area contributed by atoms with Gasteiger partial charge in [0.2, 0.25) is 5.91 Å². The summed E-state index contributed by atoms with van der Waals surface area (Å²) < 4.78 is 8.38. The normalized spacial score (nSPS) is 11.4. The monoisotopic (exact) mass is 467 g/mol. The highest BCUT2D eigenvalue weighted by atomic mass is 16.5. The van der Waals surface area contributed by atoms with Crippen molar-refractivity contribution in [3.05, 3.63) is 102 Å². The zero-order valence-electron chi connectivity index (χ0n) is 20.5. The lowest BCUT2D eigenvalue weighted by molar-refractivity contribution is -0.116. The van der Waals surface area contributed by atoms with Crippen LogP contribution in [0.2, 0.25) is 0 Å². The van der Waals surface area contributed by atoms with Crippen LogP contribution in [0.3, 0.4) is 0 Å². The molecule has 35 heavy (non-hydrogen) atoms. The molecule has 0 bridgehead atoms. The van der Waals surface area contributed by atoms with Crippen molar-refractivity contribution < 1.29 is 9.53 Å². The number of aromatic nitrogens is 2. The molecule has 5 nitrogen and oxygen atoms in total. The largest absolute Gasteiger partial charge is 0.493 e. The number of benzene rings is 3. The van der Waals surface area contributed by atoms with Crippen molar-refractivity contribution in [2.75, 3.05) is 13.2 Å². The summed E-state index contributed by atoms with van der Waals surface area (Å²) in [5, 5.41) is 2.97. The minimum Gasteiger partial charge on any atom is -0.493 e. The lowest BCUT2D eigenvalue weighted by Gasteiger charge is -2.14. The Morgan fingerprint density at radius 1 is 1.00 bits per heavy atom. The highest BCUT2D eigenvalue weighted by Gasteiger charge is 2.11. The van der Waals surface area contributed by atoms with E-state index in [0.29, 0.717) is 25.5 Å². The van der Waals surface area contributed by atoms with Crippen LogP contribution in [0.5, 0.6) is 5.75 Å². The molecule has 1 amide bonds. The van der Waals surface area contributed by atoms with Crippen LogP contribution in [-0.2, 0) is 17.8 Å². The average Bonchev–Trinajstić information content (AvgIpc) is 3.23. The van der Waals surface area contributed by atoms with E-state index in [1.165, 1.54) is 5.56 Å². The standard InChI is InChI=1S/C30H33N3O2/c1-23(2)25-13-6-9-16-28(25)35-22-10-21-33-27-15-8-7-14-26(27)32-29(33)19-20-31-30(34)18-17-24-11-4-3-5-12-24/h3-9,11-18,23H,10,19-22H2,1-2H3,(H,31,34)/b18-17+. The Hall–Kier alpha value is -3.86. The summed E-state index contributed by atoms with van der Waals surface area (Å²) in [6.45, 7) is 6.34. The quantitative estimate of drug-likeness (QED) is 0.217. The Morgan fingerprint density at radius 3 is 2.57 bits per heavy atom. The van der Waals surface area contributed by atoms with E-state index < -0.39 is 0 Å². The second-order valence-corrected chi connectivity index (χ2v) is 8.85. The fourth-order valence-electron chi connectivity index (χ4n) is 4.15. The first-order chi connectivity index (χ1) is 17.1. The summed E-state index contributed by atoms with van der Waals surface area (Å²) in [5.41, 5.74) is 4.32. The first-order valence-electron chi connectivity index (χ1n) is 12.3. The van der Waals surface area contributed by atoms with E-state index in [0.717, 1.165) is 41.1 Å². The number of nitrogens with one attached hydrogen (secondary N) is 1. The highest BCUT2D eigenvalue weighted by molar-refractivity contribution is 5.91. The van der Waals surface area contributed by atoms with E-state index >= 15 is 0 Å². The van der Waals surface area contributed by atoms with E-state index in [9.17, 15) is 4.79 Å². The average molecular weight is 468 g/mol. The lowest BCUT2D eigenvalue weighted by Crippen LogP contribution is -2.24. The van der Waals surface area contributed by atoms with E-state index in [4.69, 9.17) is 9.72 Å². The second kappa shape index (κ2) is 12.0. The summed E-state index contributed by atoms with van der Waals surface area (Å²) in [6.07, 6.45) is 4.93. The maximum absolute atomic E-state index is 12.2. The number of rotatable bonds is 11. The van der Waals surface area contributed by atoms with Crippen LogP contribution >= 0.6 is 0 Å². The number of imidazole rings is 1. The molecule has 1 N–H and O–H groups in total. The fourth-order valence-corrected chi connectivity index (χ4v) is 4.15. The molecule has 5 heteroatoms. The Bertz CT molecular complexity index is 1280. The minimum atomic E-state index is -0.103. The highest BCUT2D eigenvalue weighted by Crippen LogP contribution is 2.26. The molecule has 3 aromatic carbocycles. The first kappa shape index (κ1) is 24.3. The van der Waals surface area contributed by atoms with E-state index in [2.05, 4.69) is 41.9 Å². The molecule has 0 radical (unpaired) electrons. The third-order valence-corrected chi connectivity index (χ3v) is 5.93. The van der Waals surface area contributed by atoms with Gasteiger partial charge in [0.1, 0.15) is 11.6 Å². The topological polar surface area (TPSA) is 56.1 Å². The SMILES string of the molecule is CC(C)c1ccccc1OCCCn1c(CCNC(=O)/C=C/c2ccccc2)nc2ccccc21. The van der Waals surface area contributed by atoms with Crippen LogP contribution in [-0.4, -0.2) is 28.6 Å². The van der Waals surface area contributed by atoms with Gasteiger partial charge in [-0.25, -0.2) is 4.98 Å². The molecule has 0 atom stereocenters. The van der Waals surface area contributed by atoms with E-state index in [-0.39, 0.29) is 5.91 Å². The summed E-state index contributed by atoms with van der Waals surface area (Å²) in [7, 11) is 0. The molecule has 180 valence electrons.